The van der Waals surface area contributed by atoms with Crippen molar-refractivity contribution < 1.29 is 4.79 Å². The normalized spacial score (nSPS) is 10.3. The second kappa shape index (κ2) is 8.66. The number of hydrazine groups is 1. The lowest BCUT2D eigenvalue weighted by atomic mass is 10.1. The number of nitrogen functional groups attached to an aromatic ring is 1. The topological polar surface area (TPSA) is 105 Å². The van der Waals surface area contributed by atoms with Crippen LogP contribution in [0.3, 0.4) is 0 Å². The molecule has 27 heavy (non-hydrogen) atoms. The second-order valence-corrected chi connectivity index (χ2v) is 6.04. The highest BCUT2D eigenvalue weighted by Crippen LogP contribution is 2.21. The molecule has 7 heteroatoms. The summed E-state index contributed by atoms with van der Waals surface area (Å²) in [4.78, 5) is 20.6. The maximum Gasteiger partial charge on any atom is 0.269 e. The summed E-state index contributed by atoms with van der Waals surface area (Å²) in [5.74, 6) is 0.604. The summed E-state index contributed by atoms with van der Waals surface area (Å²) in [6.07, 6.45) is 2.24. The van der Waals surface area contributed by atoms with Gasteiger partial charge in [0.2, 0.25) is 0 Å². The predicted molar refractivity (Wildman–Crippen MR) is 107 cm³/mol. The maximum absolute atomic E-state index is 12.3. The Bertz CT molecular complexity index is 913. The minimum absolute atomic E-state index is 0.260. The van der Waals surface area contributed by atoms with E-state index in [0.717, 1.165) is 12.0 Å². The number of anilines is 3. The molecule has 0 aliphatic heterocycles. The Kier molecular flexibility index (Phi) is 5.84. The highest BCUT2D eigenvalue weighted by atomic mass is 16.2. The molecule has 0 fully saturated rings. The van der Waals surface area contributed by atoms with E-state index in [9.17, 15) is 4.79 Å². The van der Waals surface area contributed by atoms with Gasteiger partial charge >= 0.3 is 0 Å². The first kappa shape index (κ1) is 18.2. The number of aromatic nitrogens is 2. The monoisotopic (exact) mass is 362 g/mol. The van der Waals surface area contributed by atoms with E-state index in [1.165, 1.54) is 11.9 Å². The van der Waals surface area contributed by atoms with Gasteiger partial charge in [-0.2, -0.15) is 0 Å². The lowest BCUT2D eigenvalue weighted by Crippen LogP contribution is -2.31. The molecule has 1 amide bonds. The minimum atomic E-state index is -0.260. The molecule has 138 valence electrons. The summed E-state index contributed by atoms with van der Waals surface area (Å²) in [5.41, 5.74) is 14.5. The van der Waals surface area contributed by atoms with Gasteiger partial charge in [0.1, 0.15) is 12.0 Å². The molecule has 7 nitrogen and oxygen atoms in total. The van der Waals surface area contributed by atoms with Crippen LogP contribution in [-0.4, -0.2) is 22.4 Å². The van der Waals surface area contributed by atoms with Crippen LogP contribution in [-0.2, 0) is 6.42 Å². The largest absolute Gasteiger partial charge is 0.393 e. The van der Waals surface area contributed by atoms with Crippen molar-refractivity contribution in [2.24, 2.45) is 0 Å². The number of nitrogens with two attached hydrogens (primary N) is 1. The second-order valence-electron chi connectivity index (χ2n) is 6.04. The summed E-state index contributed by atoms with van der Waals surface area (Å²) in [7, 11) is 0. The van der Waals surface area contributed by atoms with Gasteiger partial charge in [0.15, 0.2) is 11.6 Å². The molecular weight excluding hydrogens is 340 g/mol. The van der Waals surface area contributed by atoms with Crippen LogP contribution in [0.4, 0.5) is 17.3 Å². The Labute approximate surface area is 158 Å². The third kappa shape index (κ3) is 4.72. The number of rotatable bonds is 7. The zero-order valence-electron chi connectivity index (χ0n) is 15.1. The molecule has 1 aromatic heterocycles. The van der Waals surface area contributed by atoms with Crippen molar-refractivity contribution in [3.8, 4) is 0 Å². The molecule has 3 aromatic rings. The van der Waals surface area contributed by atoms with Crippen molar-refractivity contribution in [3.63, 3.8) is 0 Å². The quantitative estimate of drug-likeness (QED) is 0.482. The van der Waals surface area contributed by atoms with Gasteiger partial charge < -0.3 is 11.1 Å². The molecule has 3 rings (SSSR count). The van der Waals surface area contributed by atoms with Crippen molar-refractivity contribution in [3.05, 3.63) is 77.6 Å². The number of hydrogen-bond donors (Lipinski definition) is 4. The summed E-state index contributed by atoms with van der Waals surface area (Å²) in [6, 6.07) is 17.5. The van der Waals surface area contributed by atoms with Gasteiger partial charge in [0.25, 0.3) is 5.91 Å². The Morgan fingerprint density at radius 2 is 1.70 bits per heavy atom. The molecule has 0 unspecified atom stereocenters. The highest BCUT2D eigenvalue weighted by molar-refractivity contribution is 5.96. The Morgan fingerprint density at radius 3 is 2.48 bits per heavy atom. The molecule has 0 aliphatic carbocycles. The number of nitrogens with one attached hydrogen (secondary N) is 3. The van der Waals surface area contributed by atoms with E-state index in [4.69, 9.17) is 5.73 Å². The SMILES string of the molecule is Cc1ccccc1C(=O)NNc1ncnc(NCCc2ccccc2)c1N. The first-order valence-electron chi connectivity index (χ1n) is 8.65. The van der Waals surface area contributed by atoms with Crippen LogP contribution in [0, 0.1) is 6.92 Å². The van der Waals surface area contributed by atoms with Crippen molar-refractivity contribution in [1.82, 2.24) is 15.4 Å². The smallest absolute Gasteiger partial charge is 0.269 e. The van der Waals surface area contributed by atoms with Crippen LogP contribution in [0.25, 0.3) is 0 Å². The van der Waals surface area contributed by atoms with Crippen molar-refractivity contribution >= 4 is 23.2 Å². The predicted octanol–water partition coefficient (Wildman–Crippen LogP) is 2.78. The van der Waals surface area contributed by atoms with Crippen LogP contribution in [0.1, 0.15) is 21.5 Å². The van der Waals surface area contributed by atoms with Gasteiger partial charge in [-0.25, -0.2) is 9.97 Å². The minimum Gasteiger partial charge on any atom is -0.393 e. The first-order valence-corrected chi connectivity index (χ1v) is 8.65. The van der Waals surface area contributed by atoms with Crippen LogP contribution < -0.4 is 21.9 Å². The average molecular weight is 362 g/mol. The van der Waals surface area contributed by atoms with Gasteiger partial charge in [-0.05, 0) is 30.5 Å². The third-order valence-corrected chi connectivity index (χ3v) is 4.12. The number of nitrogens with zero attached hydrogens (tertiary/aromatic N) is 2. The van der Waals surface area contributed by atoms with Gasteiger partial charge in [0.05, 0.1) is 0 Å². The number of hydrogen-bond acceptors (Lipinski definition) is 6. The van der Waals surface area contributed by atoms with Gasteiger partial charge in [0, 0.05) is 12.1 Å². The standard InChI is InChI=1S/C20H22N6O/c1-14-7-5-6-10-16(14)20(27)26-25-19-17(21)18(23-13-24-19)22-12-11-15-8-3-2-4-9-15/h2-10,13H,11-12,21H2,1H3,(H,26,27)(H2,22,23,24,25). The molecule has 0 saturated heterocycles. The van der Waals surface area contributed by atoms with E-state index in [1.54, 1.807) is 6.07 Å². The van der Waals surface area contributed by atoms with Crippen molar-refractivity contribution in [1.29, 1.82) is 0 Å². The number of carbonyl (C=O) groups is 1. The fraction of sp³-hybridized carbons (Fsp3) is 0.150. The Hall–Kier alpha value is -3.61. The first-order chi connectivity index (χ1) is 13.1. The Morgan fingerprint density at radius 1 is 1.00 bits per heavy atom. The third-order valence-electron chi connectivity index (χ3n) is 4.12. The average Bonchev–Trinajstić information content (AvgIpc) is 2.69. The summed E-state index contributed by atoms with van der Waals surface area (Å²) < 4.78 is 0. The number of aryl methyl sites for hydroxylation is 1. The van der Waals surface area contributed by atoms with Crippen LogP contribution >= 0.6 is 0 Å². The van der Waals surface area contributed by atoms with Crippen LogP contribution in [0.5, 0.6) is 0 Å². The molecule has 0 atom stereocenters. The number of carbonyl (C=O) groups excluding carboxylic acids is 1. The zero-order chi connectivity index (χ0) is 19.1. The van der Waals surface area contributed by atoms with Gasteiger partial charge in [-0.15, -0.1) is 0 Å². The molecule has 5 N–H and O–H groups in total. The number of benzene rings is 2. The molecule has 0 radical (unpaired) electrons. The van der Waals surface area contributed by atoms with E-state index >= 15 is 0 Å². The lowest BCUT2D eigenvalue weighted by molar-refractivity contribution is 0.0962. The lowest BCUT2D eigenvalue weighted by Gasteiger charge is -2.13. The highest BCUT2D eigenvalue weighted by Gasteiger charge is 2.11. The van der Waals surface area contributed by atoms with E-state index in [2.05, 4.69) is 38.3 Å². The van der Waals surface area contributed by atoms with Gasteiger partial charge in [-0.3, -0.25) is 15.6 Å². The fourth-order valence-electron chi connectivity index (χ4n) is 2.62. The van der Waals surface area contributed by atoms with Crippen LogP contribution in [0.15, 0.2) is 60.9 Å². The summed E-state index contributed by atoms with van der Waals surface area (Å²) in [6.45, 7) is 2.56. The van der Waals surface area contributed by atoms with Crippen LogP contribution in [0.2, 0.25) is 0 Å². The molecule has 0 aliphatic rings. The summed E-state index contributed by atoms with van der Waals surface area (Å²) in [5, 5.41) is 3.20. The van der Waals surface area contributed by atoms with E-state index in [1.807, 2.05) is 43.3 Å². The number of amides is 1. The molecule has 0 saturated carbocycles. The van der Waals surface area contributed by atoms with Crippen molar-refractivity contribution in [2.75, 3.05) is 23.0 Å². The molecule has 2 aromatic carbocycles. The zero-order valence-corrected chi connectivity index (χ0v) is 15.1. The van der Waals surface area contributed by atoms with Gasteiger partial charge in [-0.1, -0.05) is 48.5 Å². The molecule has 0 bridgehead atoms. The van der Waals surface area contributed by atoms with E-state index in [-0.39, 0.29) is 5.91 Å². The Balaban J connectivity index is 1.59. The van der Waals surface area contributed by atoms with Crippen molar-refractivity contribution in [2.45, 2.75) is 13.3 Å². The molecule has 0 spiro atoms. The van der Waals surface area contributed by atoms with E-state index < -0.39 is 0 Å². The fourth-order valence-corrected chi connectivity index (χ4v) is 2.62. The van der Waals surface area contributed by atoms with E-state index in [0.29, 0.717) is 29.4 Å². The maximum atomic E-state index is 12.3. The molecule has 1 heterocycles. The molecular formula is C20H22N6O. The summed E-state index contributed by atoms with van der Waals surface area (Å²) >= 11 is 0.